The van der Waals surface area contributed by atoms with Crippen molar-refractivity contribution in [3.05, 3.63) is 95.9 Å². The highest BCUT2D eigenvalue weighted by Crippen LogP contribution is 2.27. The number of thiocarbonyl (C=S) groups is 1. The molecule has 2 aromatic carbocycles. The largest absolute Gasteiger partial charge is 0.467 e. The van der Waals surface area contributed by atoms with Gasteiger partial charge in [0.15, 0.2) is 5.11 Å². The summed E-state index contributed by atoms with van der Waals surface area (Å²) in [5.41, 5.74) is 7.58. The zero-order chi connectivity index (χ0) is 18.9. The number of furan rings is 1. The van der Waals surface area contributed by atoms with E-state index in [1.165, 1.54) is 0 Å². The highest BCUT2D eigenvalue weighted by atomic mass is 32.1. The van der Waals surface area contributed by atoms with Crippen molar-refractivity contribution in [2.75, 3.05) is 0 Å². The number of carbonyl (C=O) groups is 1. The number of nitrogens with one attached hydrogen (secondary N) is 3. The van der Waals surface area contributed by atoms with Crippen LogP contribution in [0.5, 0.6) is 0 Å². The molecule has 0 unspecified atom stereocenters. The molecule has 0 saturated heterocycles. The topological polar surface area (TPSA) is 66.3 Å². The Balaban J connectivity index is 1.55. The van der Waals surface area contributed by atoms with Crippen LogP contribution in [-0.4, -0.2) is 11.0 Å². The highest BCUT2D eigenvalue weighted by molar-refractivity contribution is 7.80. The molecule has 0 saturated carbocycles. The second-order valence-corrected chi connectivity index (χ2v) is 6.42. The van der Waals surface area contributed by atoms with E-state index in [2.05, 4.69) is 16.2 Å². The highest BCUT2D eigenvalue weighted by Gasteiger charge is 2.18. The van der Waals surface area contributed by atoms with Crippen molar-refractivity contribution in [2.45, 2.75) is 18.9 Å². The molecule has 6 heteroatoms. The molecule has 0 bridgehead atoms. The summed E-state index contributed by atoms with van der Waals surface area (Å²) >= 11 is 5.17. The molecule has 1 amide bonds. The van der Waals surface area contributed by atoms with E-state index in [9.17, 15) is 4.79 Å². The van der Waals surface area contributed by atoms with Crippen LogP contribution in [0, 0.1) is 0 Å². The van der Waals surface area contributed by atoms with Crippen molar-refractivity contribution in [3.63, 3.8) is 0 Å². The molecule has 1 aromatic heterocycles. The third-order valence-electron chi connectivity index (χ3n) is 4.11. The Morgan fingerprint density at radius 1 is 0.889 bits per heavy atom. The van der Waals surface area contributed by atoms with Crippen LogP contribution in [0.4, 0.5) is 0 Å². The summed E-state index contributed by atoms with van der Waals surface area (Å²) in [7, 11) is 0. The second kappa shape index (κ2) is 9.54. The molecule has 0 aliphatic carbocycles. The van der Waals surface area contributed by atoms with Gasteiger partial charge >= 0.3 is 0 Å². The average molecular weight is 379 g/mol. The summed E-state index contributed by atoms with van der Waals surface area (Å²) in [6.45, 7) is 0.450. The predicted molar refractivity (Wildman–Crippen MR) is 109 cm³/mol. The van der Waals surface area contributed by atoms with Gasteiger partial charge in [-0.15, -0.1) is 0 Å². The van der Waals surface area contributed by atoms with E-state index in [1.807, 2.05) is 72.8 Å². The van der Waals surface area contributed by atoms with Gasteiger partial charge in [0.25, 0.3) is 0 Å². The maximum Gasteiger partial charge on any atom is 0.239 e. The first-order valence-electron chi connectivity index (χ1n) is 8.67. The molecule has 0 spiro atoms. The van der Waals surface area contributed by atoms with Crippen LogP contribution >= 0.6 is 12.2 Å². The molecule has 3 aromatic rings. The number of hydrogen-bond donors (Lipinski definition) is 3. The number of hydrazine groups is 1. The van der Waals surface area contributed by atoms with E-state index in [4.69, 9.17) is 16.6 Å². The normalized spacial score (nSPS) is 10.4. The fraction of sp³-hybridized carbons (Fsp3) is 0.143. The van der Waals surface area contributed by atoms with Crippen molar-refractivity contribution in [1.29, 1.82) is 0 Å². The zero-order valence-corrected chi connectivity index (χ0v) is 15.5. The Bertz CT molecular complexity index is 812. The quantitative estimate of drug-likeness (QED) is 0.452. The molecular formula is C21H21N3O2S. The van der Waals surface area contributed by atoms with Gasteiger partial charge in [-0.2, -0.15) is 0 Å². The van der Waals surface area contributed by atoms with Crippen molar-refractivity contribution >= 4 is 23.2 Å². The van der Waals surface area contributed by atoms with Gasteiger partial charge in [0.05, 0.1) is 12.8 Å². The number of amides is 1. The molecule has 0 atom stereocenters. The first-order valence-corrected chi connectivity index (χ1v) is 9.08. The average Bonchev–Trinajstić information content (AvgIpc) is 3.24. The van der Waals surface area contributed by atoms with E-state index in [0.29, 0.717) is 18.1 Å². The summed E-state index contributed by atoms with van der Waals surface area (Å²) < 4.78 is 5.22. The first-order chi connectivity index (χ1) is 13.2. The Kier molecular flexibility index (Phi) is 6.60. The second-order valence-electron chi connectivity index (χ2n) is 6.01. The number of hydrogen-bond acceptors (Lipinski definition) is 3. The molecule has 27 heavy (non-hydrogen) atoms. The lowest BCUT2D eigenvalue weighted by Gasteiger charge is -2.18. The molecule has 0 aliphatic rings. The van der Waals surface area contributed by atoms with Gasteiger partial charge in [0.2, 0.25) is 5.91 Å². The summed E-state index contributed by atoms with van der Waals surface area (Å²) in [5.74, 6) is 0.590. The van der Waals surface area contributed by atoms with Gasteiger partial charge in [0, 0.05) is 12.3 Å². The third-order valence-corrected chi connectivity index (χ3v) is 4.36. The molecule has 138 valence electrons. The Labute approximate surface area is 163 Å². The zero-order valence-electron chi connectivity index (χ0n) is 14.7. The molecule has 3 rings (SSSR count). The van der Waals surface area contributed by atoms with Crippen LogP contribution < -0.4 is 16.2 Å². The monoisotopic (exact) mass is 379 g/mol. The predicted octanol–water partition coefficient (Wildman–Crippen LogP) is 3.50. The summed E-state index contributed by atoms with van der Waals surface area (Å²) in [4.78, 5) is 12.5. The van der Waals surface area contributed by atoms with Crippen LogP contribution in [0.15, 0.2) is 83.5 Å². The molecule has 0 fully saturated rings. The standard InChI is InChI=1S/C21H21N3O2S/c25-20(23-24-21(27)22-15-18-12-7-13-26-18)14-19(16-8-3-1-4-9-16)17-10-5-2-6-11-17/h1-13,19H,14-15H2,(H,23,25)(H2,22,24,27). The van der Waals surface area contributed by atoms with Crippen LogP contribution in [0.3, 0.4) is 0 Å². The third kappa shape index (κ3) is 5.69. The Morgan fingerprint density at radius 3 is 2.07 bits per heavy atom. The molecule has 0 radical (unpaired) electrons. The van der Waals surface area contributed by atoms with E-state index < -0.39 is 0 Å². The van der Waals surface area contributed by atoms with Gasteiger partial charge in [0.1, 0.15) is 5.76 Å². The van der Waals surface area contributed by atoms with Gasteiger partial charge in [-0.1, -0.05) is 60.7 Å². The van der Waals surface area contributed by atoms with E-state index in [-0.39, 0.29) is 11.8 Å². The van der Waals surface area contributed by atoms with Gasteiger partial charge in [-0.05, 0) is 35.5 Å². The Hall–Kier alpha value is -3.12. The molecule has 1 heterocycles. The van der Waals surface area contributed by atoms with Gasteiger partial charge in [-0.25, -0.2) is 0 Å². The summed E-state index contributed by atoms with van der Waals surface area (Å²) in [6, 6.07) is 23.7. The minimum atomic E-state index is -0.144. The van der Waals surface area contributed by atoms with Crippen LogP contribution in [0.2, 0.25) is 0 Å². The lowest BCUT2D eigenvalue weighted by atomic mass is 9.88. The fourth-order valence-electron chi connectivity index (χ4n) is 2.79. The summed E-state index contributed by atoms with van der Waals surface area (Å²) in [6.07, 6.45) is 1.91. The van der Waals surface area contributed by atoms with Crippen molar-refractivity contribution in [2.24, 2.45) is 0 Å². The fourth-order valence-corrected chi connectivity index (χ4v) is 2.91. The number of rotatable bonds is 6. The van der Waals surface area contributed by atoms with Crippen molar-refractivity contribution < 1.29 is 9.21 Å². The van der Waals surface area contributed by atoms with E-state index in [1.54, 1.807) is 6.26 Å². The van der Waals surface area contributed by atoms with E-state index in [0.717, 1.165) is 16.9 Å². The maximum atomic E-state index is 12.5. The lowest BCUT2D eigenvalue weighted by Crippen LogP contribution is -2.46. The molecule has 3 N–H and O–H groups in total. The van der Waals surface area contributed by atoms with Crippen molar-refractivity contribution in [1.82, 2.24) is 16.2 Å². The van der Waals surface area contributed by atoms with Gasteiger partial charge < -0.3 is 9.73 Å². The lowest BCUT2D eigenvalue weighted by molar-refractivity contribution is -0.121. The molecule has 0 aliphatic heterocycles. The van der Waals surface area contributed by atoms with Crippen LogP contribution in [-0.2, 0) is 11.3 Å². The van der Waals surface area contributed by atoms with Gasteiger partial charge in [-0.3, -0.25) is 15.6 Å². The minimum absolute atomic E-state index is 0.0288. The molecule has 5 nitrogen and oxygen atoms in total. The van der Waals surface area contributed by atoms with E-state index >= 15 is 0 Å². The maximum absolute atomic E-state index is 12.5. The van der Waals surface area contributed by atoms with Crippen LogP contribution in [0.1, 0.15) is 29.2 Å². The number of carbonyl (C=O) groups excluding carboxylic acids is 1. The van der Waals surface area contributed by atoms with Crippen LogP contribution in [0.25, 0.3) is 0 Å². The minimum Gasteiger partial charge on any atom is -0.467 e. The smallest absolute Gasteiger partial charge is 0.239 e. The SMILES string of the molecule is O=C(CC(c1ccccc1)c1ccccc1)NNC(=S)NCc1ccco1. The molecular weight excluding hydrogens is 358 g/mol. The summed E-state index contributed by atoms with van der Waals surface area (Å²) in [5, 5.41) is 3.30. The first kappa shape index (κ1) is 18.7. The van der Waals surface area contributed by atoms with Crippen molar-refractivity contribution in [3.8, 4) is 0 Å². The Morgan fingerprint density at radius 2 is 1.52 bits per heavy atom. The number of benzene rings is 2.